The van der Waals surface area contributed by atoms with Crippen molar-refractivity contribution >= 4 is 45.2 Å². The highest BCUT2D eigenvalue weighted by Gasteiger charge is 2.23. The van der Waals surface area contributed by atoms with E-state index < -0.39 is 0 Å². The monoisotopic (exact) mass is 486 g/mol. The Morgan fingerprint density at radius 1 is 1.06 bits per heavy atom. The predicted octanol–water partition coefficient (Wildman–Crippen LogP) is 4.44. The first-order valence-corrected chi connectivity index (χ1v) is 13.1. The number of hydrogen-bond donors (Lipinski definition) is 4. The van der Waals surface area contributed by atoms with Crippen molar-refractivity contribution in [3.63, 3.8) is 0 Å². The maximum Gasteiger partial charge on any atom is 0.257 e. The van der Waals surface area contributed by atoms with Crippen LogP contribution in [0.2, 0.25) is 0 Å². The maximum atomic E-state index is 13.6. The van der Waals surface area contributed by atoms with Crippen LogP contribution in [0.25, 0.3) is 21.9 Å². The number of aromatic amines is 2. The number of nitrogens with one attached hydrogen (secondary N) is 4. The molecule has 1 aliphatic carbocycles. The van der Waals surface area contributed by atoms with Gasteiger partial charge in [-0.15, -0.1) is 0 Å². The first-order valence-electron chi connectivity index (χ1n) is 13.1. The number of imidazole rings is 1. The second-order valence-electron chi connectivity index (χ2n) is 10.3. The third kappa shape index (κ3) is 4.75. The number of likely N-dealkylation sites (N-methyl/N-ethyl adjacent to an activating group) is 1. The quantitative estimate of drug-likeness (QED) is 0.321. The van der Waals surface area contributed by atoms with E-state index in [1.54, 1.807) is 6.20 Å². The molecule has 1 saturated heterocycles. The summed E-state index contributed by atoms with van der Waals surface area (Å²) < 4.78 is 0. The van der Waals surface area contributed by atoms with Crippen molar-refractivity contribution in [1.82, 2.24) is 25.1 Å². The molecule has 0 unspecified atom stereocenters. The predicted molar refractivity (Wildman–Crippen MR) is 145 cm³/mol. The Balaban J connectivity index is 1.29. The first-order chi connectivity index (χ1) is 17.6. The highest BCUT2D eigenvalue weighted by molar-refractivity contribution is 6.11. The number of rotatable bonds is 6. The molecule has 4 aromatic rings. The van der Waals surface area contributed by atoms with Gasteiger partial charge in [0.25, 0.3) is 5.91 Å². The van der Waals surface area contributed by atoms with E-state index in [0.29, 0.717) is 11.5 Å². The van der Waals surface area contributed by atoms with Crippen LogP contribution in [0, 0.1) is 5.92 Å². The summed E-state index contributed by atoms with van der Waals surface area (Å²) in [6, 6.07) is 9.80. The molecule has 4 N–H and O–H groups in total. The lowest BCUT2D eigenvalue weighted by Gasteiger charge is -2.35. The molecular weight excluding hydrogens is 452 g/mol. The second-order valence-corrected chi connectivity index (χ2v) is 10.3. The normalized spacial score (nSPS) is 17.6. The van der Waals surface area contributed by atoms with Crippen molar-refractivity contribution in [2.75, 3.05) is 55.3 Å². The minimum atomic E-state index is -0.129. The highest BCUT2D eigenvalue weighted by atomic mass is 16.1. The molecule has 9 nitrogen and oxygen atoms in total. The number of hydrogen-bond acceptors (Lipinski definition) is 6. The SMILES string of the molecule is CN1CCN(c2cc3nc(NCC4CCCCC4)[nH]c3cc2C(=O)Nc2ccc3cn[nH]c3c2)CC1. The molecule has 188 valence electrons. The van der Waals surface area contributed by atoms with E-state index in [9.17, 15) is 4.79 Å². The molecule has 2 aliphatic rings. The Kier molecular flexibility index (Phi) is 6.23. The molecule has 1 saturated carbocycles. The number of H-pyrrole nitrogens is 2. The van der Waals surface area contributed by atoms with Crippen LogP contribution in [-0.2, 0) is 0 Å². The first kappa shape index (κ1) is 22.8. The molecule has 0 atom stereocenters. The summed E-state index contributed by atoms with van der Waals surface area (Å²) >= 11 is 0. The number of amides is 1. The van der Waals surface area contributed by atoms with Gasteiger partial charge in [-0.05, 0) is 56.1 Å². The van der Waals surface area contributed by atoms with Crippen molar-refractivity contribution < 1.29 is 4.79 Å². The van der Waals surface area contributed by atoms with Crippen molar-refractivity contribution in [2.45, 2.75) is 32.1 Å². The number of carbonyl (C=O) groups excluding carboxylic acids is 1. The van der Waals surface area contributed by atoms with Gasteiger partial charge in [0, 0.05) is 43.8 Å². The maximum absolute atomic E-state index is 13.6. The summed E-state index contributed by atoms with van der Waals surface area (Å²) in [5, 5.41) is 14.7. The molecule has 0 spiro atoms. The topological polar surface area (TPSA) is 105 Å². The van der Waals surface area contributed by atoms with Gasteiger partial charge >= 0.3 is 0 Å². The smallest absolute Gasteiger partial charge is 0.257 e. The number of nitrogens with zero attached hydrogens (tertiary/aromatic N) is 4. The molecule has 0 bridgehead atoms. The van der Waals surface area contributed by atoms with E-state index in [2.05, 4.69) is 48.7 Å². The second kappa shape index (κ2) is 9.81. The summed E-state index contributed by atoms with van der Waals surface area (Å²) in [5.41, 5.74) is 4.96. The van der Waals surface area contributed by atoms with E-state index in [4.69, 9.17) is 4.98 Å². The lowest BCUT2D eigenvalue weighted by molar-refractivity contribution is 0.102. The van der Waals surface area contributed by atoms with E-state index in [1.807, 2.05) is 24.3 Å². The summed E-state index contributed by atoms with van der Waals surface area (Å²) in [5.74, 6) is 1.36. The minimum Gasteiger partial charge on any atom is -0.368 e. The molecule has 6 rings (SSSR count). The summed E-state index contributed by atoms with van der Waals surface area (Å²) in [7, 11) is 2.14. The third-order valence-corrected chi connectivity index (χ3v) is 7.67. The lowest BCUT2D eigenvalue weighted by Crippen LogP contribution is -2.45. The Bertz CT molecular complexity index is 1360. The summed E-state index contributed by atoms with van der Waals surface area (Å²) in [6.07, 6.45) is 8.36. The number of carbonyl (C=O) groups is 1. The van der Waals surface area contributed by atoms with E-state index in [1.165, 1.54) is 32.1 Å². The Morgan fingerprint density at radius 3 is 2.72 bits per heavy atom. The van der Waals surface area contributed by atoms with Crippen LogP contribution in [0.15, 0.2) is 36.5 Å². The average Bonchev–Trinajstić information content (AvgIpc) is 3.53. The Labute approximate surface area is 210 Å². The molecule has 0 radical (unpaired) electrons. The zero-order chi connectivity index (χ0) is 24.5. The third-order valence-electron chi connectivity index (χ3n) is 7.67. The van der Waals surface area contributed by atoms with Gasteiger partial charge in [0.15, 0.2) is 0 Å². The van der Waals surface area contributed by atoms with Crippen molar-refractivity contribution in [2.24, 2.45) is 5.92 Å². The van der Waals surface area contributed by atoms with Gasteiger partial charge in [-0.2, -0.15) is 5.10 Å². The molecule has 3 heterocycles. The number of piperazine rings is 1. The van der Waals surface area contributed by atoms with Crippen LogP contribution in [-0.4, -0.2) is 70.7 Å². The number of anilines is 3. The van der Waals surface area contributed by atoms with Crippen LogP contribution in [0.3, 0.4) is 0 Å². The zero-order valence-corrected chi connectivity index (χ0v) is 20.8. The van der Waals surface area contributed by atoms with E-state index in [-0.39, 0.29) is 5.91 Å². The largest absolute Gasteiger partial charge is 0.368 e. The van der Waals surface area contributed by atoms with Gasteiger partial charge in [0.05, 0.1) is 34.0 Å². The van der Waals surface area contributed by atoms with Gasteiger partial charge in [0.1, 0.15) is 0 Å². The Morgan fingerprint density at radius 2 is 1.89 bits per heavy atom. The zero-order valence-electron chi connectivity index (χ0n) is 20.8. The molecule has 1 amide bonds. The molecule has 36 heavy (non-hydrogen) atoms. The summed E-state index contributed by atoms with van der Waals surface area (Å²) in [4.78, 5) is 26.4. The van der Waals surface area contributed by atoms with Gasteiger partial charge in [0.2, 0.25) is 5.95 Å². The van der Waals surface area contributed by atoms with Crippen molar-refractivity contribution in [1.29, 1.82) is 0 Å². The molecule has 9 heteroatoms. The van der Waals surface area contributed by atoms with Crippen LogP contribution < -0.4 is 15.5 Å². The molecule has 2 aromatic heterocycles. The fraction of sp³-hybridized carbons (Fsp3) is 0.444. The minimum absolute atomic E-state index is 0.129. The van der Waals surface area contributed by atoms with Gasteiger partial charge in [-0.1, -0.05) is 19.3 Å². The lowest BCUT2D eigenvalue weighted by atomic mass is 9.89. The number of fused-ring (bicyclic) bond motifs is 2. The standard InChI is InChI=1S/C27H34N8O/c1-34-9-11-35(12-10-34)25-15-24-23(31-27(32-24)28-16-18-5-3-2-4-6-18)14-21(25)26(36)30-20-8-7-19-17-29-33-22(19)13-20/h7-8,13-15,17-18H,2-6,9-12,16H2,1H3,(H,29,33)(H,30,36)(H2,28,31,32). The van der Waals surface area contributed by atoms with Gasteiger partial charge < -0.3 is 25.4 Å². The van der Waals surface area contributed by atoms with Gasteiger partial charge in [-0.3, -0.25) is 9.89 Å². The molecular formula is C27H34N8O. The van der Waals surface area contributed by atoms with Crippen LogP contribution >= 0.6 is 0 Å². The van der Waals surface area contributed by atoms with Gasteiger partial charge in [-0.25, -0.2) is 4.98 Å². The fourth-order valence-electron chi connectivity index (χ4n) is 5.47. The van der Waals surface area contributed by atoms with Crippen molar-refractivity contribution in [3.05, 3.63) is 42.1 Å². The molecule has 2 fully saturated rings. The Hall–Kier alpha value is -3.59. The summed E-state index contributed by atoms with van der Waals surface area (Å²) in [6.45, 7) is 4.61. The molecule has 2 aromatic carbocycles. The van der Waals surface area contributed by atoms with Crippen molar-refractivity contribution in [3.8, 4) is 0 Å². The van der Waals surface area contributed by atoms with E-state index >= 15 is 0 Å². The van der Waals surface area contributed by atoms with Crippen LogP contribution in [0.4, 0.5) is 17.3 Å². The number of benzene rings is 2. The van der Waals surface area contributed by atoms with E-state index in [0.717, 1.165) is 72.0 Å². The van der Waals surface area contributed by atoms with Crippen LogP contribution in [0.5, 0.6) is 0 Å². The fourth-order valence-corrected chi connectivity index (χ4v) is 5.47. The van der Waals surface area contributed by atoms with Crippen LogP contribution in [0.1, 0.15) is 42.5 Å². The highest BCUT2D eigenvalue weighted by Crippen LogP contribution is 2.30. The molecule has 1 aliphatic heterocycles. The number of aromatic nitrogens is 4. The average molecular weight is 487 g/mol.